The van der Waals surface area contributed by atoms with E-state index in [0.717, 1.165) is 25.4 Å². The van der Waals surface area contributed by atoms with E-state index in [-0.39, 0.29) is 0 Å². The number of ether oxygens (including phenoxy) is 1. The van der Waals surface area contributed by atoms with E-state index in [1.165, 1.54) is 5.56 Å². The van der Waals surface area contributed by atoms with Crippen molar-refractivity contribution < 1.29 is 4.74 Å². The summed E-state index contributed by atoms with van der Waals surface area (Å²) >= 11 is 0. The molecule has 0 amide bonds. The Morgan fingerprint density at radius 1 is 1.31 bits per heavy atom. The zero-order chi connectivity index (χ0) is 12.0. The summed E-state index contributed by atoms with van der Waals surface area (Å²) < 4.78 is 5.35. The van der Waals surface area contributed by atoms with E-state index in [1.54, 1.807) is 7.11 Å². The van der Waals surface area contributed by atoms with E-state index in [2.05, 4.69) is 37.8 Å². The van der Waals surface area contributed by atoms with E-state index in [9.17, 15) is 0 Å². The summed E-state index contributed by atoms with van der Waals surface area (Å²) in [5, 5.41) is 0. The number of rotatable bonds is 6. The molecule has 0 spiro atoms. The van der Waals surface area contributed by atoms with Crippen molar-refractivity contribution in [3.8, 4) is 5.75 Å². The Hall–Kier alpha value is -1.02. The fourth-order valence-electron chi connectivity index (χ4n) is 1.83. The summed E-state index contributed by atoms with van der Waals surface area (Å²) in [6.45, 7) is 11.2. The minimum atomic E-state index is 0.663. The van der Waals surface area contributed by atoms with Crippen molar-refractivity contribution in [1.29, 1.82) is 0 Å². The number of para-hydroxylation sites is 1. The predicted octanol–water partition coefficient (Wildman–Crippen LogP) is 2.99. The van der Waals surface area contributed by atoms with Gasteiger partial charge in [-0.25, -0.2) is 0 Å². The summed E-state index contributed by atoms with van der Waals surface area (Å²) in [7, 11) is 1.72. The summed E-state index contributed by atoms with van der Waals surface area (Å²) in [5.41, 5.74) is 1.23. The number of methoxy groups -OCH3 is 1. The first-order valence-corrected chi connectivity index (χ1v) is 5.80. The quantitative estimate of drug-likeness (QED) is 0.730. The van der Waals surface area contributed by atoms with Gasteiger partial charge in [-0.3, -0.25) is 4.90 Å². The molecule has 0 saturated carbocycles. The lowest BCUT2D eigenvalue weighted by molar-refractivity contribution is 0.255. The predicted molar refractivity (Wildman–Crippen MR) is 68.5 cm³/mol. The second kappa shape index (κ2) is 6.54. The van der Waals surface area contributed by atoms with Crippen molar-refractivity contribution in [3.63, 3.8) is 0 Å². The summed E-state index contributed by atoms with van der Waals surface area (Å²) in [4.78, 5) is 2.34. The molecule has 0 aliphatic heterocycles. The minimum Gasteiger partial charge on any atom is -0.496 e. The molecule has 16 heavy (non-hydrogen) atoms. The fraction of sp³-hybridized carbons (Fsp3) is 0.500. The van der Waals surface area contributed by atoms with Crippen LogP contribution >= 0.6 is 0 Å². The first-order valence-electron chi connectivity index (χ1n) is 5.80. The van der Waals surface area contributed by atoms with Gasteiger partial charge in [0.25, 0.3) is 0 Å². The van der Waals surface area contributed by atoms with Gasteiger partial charge in [0.2, 0.25) is 0 Å². The SMILES string of the molecule is [CH2]CN(Cc1ccccc1OC)CC(C)C. The molecule has 0 atom stereocenters. The second-order valence-corrected chi connectivity index (χ2v) is 4.44. The highest BCUT2D eigenvalue weighted by atomic mass is 16.5. The Morgan fingerprint density at radius 3 is 2.56 bits per heavy atom. The Kier molecular flexibility index (Phi) is 5.33. The third-order valence-electron chi connectivity index (χ3n) is 2.53. The average molecular weight is 220 g/mol. The van der Waals surface area contributed by atoms with E-state index in [4.69, 9.17) is 4.74 Å². The first kappa shape index (κ1) is 13.0. The molecular weight excluding hydrogens is 198 g/mol. The van der Waals surface area contributed by atoms with Crippen molar-refractivity contribution in [2.45, 2.75) is 20.4 Å². The topological polar surface area (TPSA) is 12.5 Å². The zero-order valence-corrected chi connectivity index (χ0v) is 10.6. The van der Waals surface area contributed by atoms with Crippen molar-refractivity contribution in [2.75, 3.05) is 20.2 Å². The van der Waals surface area contributed by atoms with Gasteiger partial charge in [-0.1, -0.05) is 32.0 Å². The maximum atomic E-state index is 5.35. The lowest BCUT2D eigenvalue weighted by atomic mass is 10.1. The van der Waals surface area contributed by atoms with Crippen LogP contribution in [-0.4, -0.2) is 25.1 Å². The van der Waals surface area contributed by atoms with Crippen LogP contribution in [0.15, 0.2) is 24.3 Å². The molecule has 0 bridgehead atoms. The molecule has 0 aromatic heterocycles. The molecule has 2 heteroatoms. The third-order valence-corrected chi connectivity index (χ3v) is 2.53. The smallest absolute Gasteiger partial charge is 0.123 e. The number of benzene rings is 1. The molecule has 0 heterocycles. The van der Waals surface area contributed by atoms with Crippen LogP contribution in [0.4, 0.5) is 0 Å². The maximum absolute atomic E-state index is 5.35. The van der Waals surface area contributed by atoms with Gasteiger partial charge in [-0.15, -0.1) is 0 Å². The molecule has 1 aromatic carbocycles. The second-order valence-electron chi connectivity index (χ2n) is 4.44. The fourth-order valence-corrected chi connectivity index (χ4v) is 1.83. The molecule has 89 valence electrons. The van der Waals surface area contributed by atoms with E-state index in [0.29, 0.717) is 5.92 Å². The van der Waals surface area contributed by atoms with Gasteiger partial charge < -0.3 is 4.74 Å². The lowest BCUT2D eigenvalue weighted by Crippen LogP contribution is -2.27. The summed E-state index contributed by atoms with van der Waals surface area (Å²) in [5.74, 6) is 1.63. The molecule has 0 aliphatic rings. The van der Waals surface area contributed by atoms with E-state index in [1.807, 2.05) is 12.1 Å². The van der Waals surface area contributed by atoms with Crippen LogP contribution in [0.2, 0.25) is 0 Å². The third kappa shape index (κ3) is 3.86. The highest BCUT2D eigenvalue weighted by Crippen LogP contribution is 2.19. The maximum Gasteiger partial charge on any atom is 0.123 e. The normalized spacial score (nSPS) is 11.1. The standard InChI is InChI=1S/C14H22NO/c1-5-15(10-12(2)3)11-13-8-6-7-9-14(13)16-4/h6-9,12H,1,5,10-11H2,2-4H3. The molecule has 0 fully saturated rings. The van der Waals surface area contributed by atoms with Crippen molar-refractivity contribution >= 4 is 0 Å². The van der Waals surface area contributed by atoms with E-state index < -0.39 is 0 Å². The lowest BCUT2D eigenvalue weighted by Gasteiger charge is -2.23. The number of hydrogen-bond donors (Lipinski definition) is 0. The highest BCUT2D eigenvalue weighted by molar-refractivity contribution is 5.33. The highest BCUT2D eigenvalue weighted by Gasteiger charge is 2.09. The Bertz CT molecular complexity index is 309. The van der Waals surface area contributed by atoms with Crippen LogP contribution < -0.4 is 4.74 Å². The molecule has 0 aliphatic carbocycles. The van der Waals surface area contributed by atoms with Gasteiger partial charge in [0, 0.05) is 18.7 Å². The molecule has 1 aromatic rings. The van der Waals surface area contributed by atoms with Crippen molar-refractivity contribution in [2.24, 2.45) is 5.92 Å². The summed E-state index contributed by atoms with van der Waals surface area (Å²) in [6.07, 6.45) is 0. The average Bonchev–Trinajstić information content (AvgIpc) is 2.28. The Labute approximate surface area is 99.2 Å². The molecule has 0 N–H and O–H groups in total. The molecule has 2 nitrogen and oxygen atoms in total. The van der Waals surface area contributed by atoms with Crippen LogP contribution in [-0.2, 0) is 6.54 Å². The molecule has 1 radical (unpaired) electrons. The van der Waals surface area contributed by atoms with Gasteiger partial charge in [-0.05, 0) is 25.5 Å². The van der Waals surface area contributed by atoms with Gasteiger partial charge in [-0.2, -0.15) is 0 Å². The molecule has 0 saturated heterocycles. The van der Waals surface area contributed by atoms with Crippen molar-refractivity contribution in [1.82, 2.24) is 4.90 Å². The zero-order valence-electron chi connectivity index (χ0n) is 10.6. The largest absolute Gasteiger partial charge is 0.496 e. The van der Waals surface area contributed by atoms with Gasteiger partial charge in [0.1, 0.15) is 5.75 Å². The first-order chi connectivity index (χ1) is 7.67. The minimum absolute atomic E-state index is 0.663. The molecule has 0 unspecified atom stereocenters. The Morgan fingerprint density at radius 2 is 2.00 bits per heavy atom. The summed E-state index contributed by atoms with van der Waals surface area (Å²) in [6, 6.07) is 8.17. The van der Waals surface area contributed by atoms with Crippen LogP contribution in [0.5, 0.6) is 5.75 Å². The Balaban J connectivity index is 2.69. The van der Waals surface area contributed by atoms with Gasteiger partial charge in [0.15, 0.2) is 0 Å². The number of hydrogen-bond acceptors (Lipinski definition) is 2. The monoisotopic (exact) mass is 220 g/mol. The van der Waals surface area contributed by atoms with Crippen LogP contribution in [0, 0.1) is 12.8 Å². The van der Waals surface area contributed by atoms with Crippen LogP contribution in [0.1, 0.15) is 19.4 Å². The number of nitrogens with zero attached hydrogens (tertiary/aromatic N) is 1. The van der Waals surface area contributed by atoms with Gasteiger partial charge in [0.05, 0.1) is 7.11 Å². The molecular formula is C14H22NO. The van der Waals surface area contributed by atoms with E-state index >= 15 is 0 Å². The van der Waals surface area contributed by atoms with Crippen molar-refractivity contribution in [3.05, 3.63) is 36.8 Å². The van der Waals surface area contributed by atoms with Crippen LogP contribution in [0.25, 0.3) is 0 Å². The molecule has 1 rings (SSSR count). The van der Waals surface area contributed by atoms with Crippen LogP contribution in [0.3, 0.4) is 0 Å². The van der Waals surface area contributed by atoms with Gasteiger partial charge >= 0.3 is 0 Å².